The van der Waals surface area contributed by atoms with Crippen LogP contribution in [-0.4, -0.2) is 21.6 Å². The van der Waals surface area contributed by atoms with E-state index in [0.29, 0.717) is 16.8 Å². The van der Waals surface area contributed by atoms with E-state index in [2.05, 4.69) is 5.10 Å². The predicted molar refractivity (Wildman–Crippen MR) is 85.9 cm³/mol. The Morgan fingerprint density at radius 2 is 1.39 bits per heavy atom. The van der Waals surface area contributed by atoms with E-state index in [1.165, 1.54) is 4.90 Å². The summed E-state index contributed by atoms with van der Waals surface area (Å²) in [6.07, 6.45) is 3.69. The summed E-state index contributed by atoms with van der Waals surface area (Å²) in [6.45, 7) is 1.97. The Morgan fingerprint density at radius 1 is 0.826 bits per heavy atom. The zero-order valence-electron chi connectivity index (χ0n) is 12.4. The topological polar surface area (TPSA) is 55.2 Å². The molecule has 2 amide bonds. The largest absolute Gasteiger partial charge is 0.268 e. The number of carbonyl (C=O) groups excluding carboxylic acids is 2. The molecule has 0 unspecified atom stereocenters. The number of hydrogen-bond acceptors (Lipinski definition) is 3. The van der Waals surface area contributed by atoms with Gasteiger partial charge in [0.1, 0.15) is 0 Å². The Hall–Kier alpha value is -3.21. The van der Waals surface area contributed by atoms with E-state index in [-0.39, 0.29) is 11.8 Å². The SMILES string of the molecule is Cc1cnn(-c2ccc(N3C(=O)c4ccccc4C3=O)cc2)c1. The van der Waals surface area contributed by atoms with Gasteiger partial charge in [0, 0.05) is 6.20 Å². The second-order valence-electron chi connectivity index (χ2n) is 5.47. The van der Waals surface area contributed by atoms with Crippen LogP contribution in [0.15, 0.2) is 60.9 Å². The van der Waals surface area contributed by atoms with E-state index < -0.39 is 0 Å². The number of rotatable bonds is 2. The molecule has 0 N–H and O–H groups in total. The van der Waals surface area contributed by atoms with Gasteiger partial charge in [-0.25, -0.2) is 9.58 Å². The fourth-order valence-electron chi connectivity index (χ4n) is 2.73. The van der Waals surface area contributed by atoms with Crippen molar-refractivity contribution in [2.75, 3.05) is 4.90 Å². The highest BCUT2D eigenvalue weighted by Crippen LogP contribution is 2.28. The van der Waals surface area contributed by atoms with Crippen LogP contribution in [-0.2, 0) is 0 Å². The normalized spacial score (nSPS) is 13.5. The summed E-state index contributed by atoms with van der Waals surface area (Å²) in [7, 11) is 0. The number of hydrogen-bond donors (Lipinski definition) is 0. The summed E-state index contributed by atoms with van der Waals surface area (Å²) in [5.41, 5.74) is 3.39. The van der Waals surface area contributed by atoms with Gasteiger partial charge in [-0.3, -0.25) is 9.59 Å². The minimum atomic E-state index is -0.284. The Labute approximate surface area is 132 Å². The fraction of sp³-hybridized carbons (Fsp3) is 0.0556. The van der Waals surface area contributed by atoms with Crippen LogP contribution in [0.3, 0.4) is 0 Å². The quantitative estimate of drug-likeness (QED) is 0.684. The average Bonchev–Trinajstić information content (AvgIpc) is 3.11. The first-order valence-electron chi connectivity index (χ1n) is 7.25. The number of aryl methyl sites for hydroxylation is 1. The first-order chi connectivity index (χ1) is 11.1. The number of anilines is 1. The average molecular weight is 303 g/mol. The second-order valence-corrected chi connectivity index (χ2v) is 5.47. The third-order valence-electron chi connectivity index (χ3n) is 3.88. The van der Waals surface area contributed by atoms with Crippen molar-refractivity contribution in [2.45, 2.75) is 6.92 Å². The lowest BCUT2D eigenvalue weighted by Gasteiger charge is -2.14. The highest BCUT2D eigenvalue weighted by molar-refractivity contribution is 6.34. The number of imide groups is 1. The van der Waals surface area contributed by atoms with Crippen molar-refractivity contribution in [3.05, 3.63) is 77.6 Å². The maximum atomic E-state index is 12.5. The Kier molecular flexibility index (Phi) is 2.87. The summed E-state index contributed by atoms with van der Waals surface area (Å²) in [4.78, 5) is 26.1. The van der Waals surface area contributed by atoms with Crippen LogP contribution >= 0.6 is 0 Å². The van der Waals surface area contributed by atoms with Gasteiger partial charge < -0.3 is 0 Å². The molecule has 0 radical (unpaired) electrons. The van der Waals surface area contributed by atoms with Crippen molar-refractivity contribution >= 4 is 17.5 Å². The summed E-state index contributed by atoms with van der Waals surface area (Å²) in [5.74, 6) is -0.568. The number of aromatic nitrogens is 2. The summed E-state index contributed by atoms with van der Waals surface area (Å²) < 4.78 is 1.75. The number of benzene rings is 2. The maximum absolute atomic E-state index is 12.5. The van der Waals surface area contributed by atoms with Gasteiger partial charge >= 0.3 is 0 Å². The molecule has 1 aromatic heterocycles. The molecule has 0 fully saturated rings. The van der Waals surface area contributed by atoms with E-state index in [9.17, 15) is 9.59 Å². The minimum absolute atomic E-state index is 0.284. The molecular formula is C18H13N3O2. The fourth-order valence-corrected chi connectivity index (χ4v) is 2.73. The van der Waals surface area contributed by atoms with Gasteiger partial charge in [-0.2, -0.15) is 5.10 Å². The molecule has 5 nitrogen and oxygen atoms in total. The minimum Gasteiger partial charge on any atom is -0.268 e. The third-order valence-corrected chi connectivity index (χ3v) is 3.88. The highest BCUT2D eigenvalue weighted by atomic mass is 16.2. The van der Waals surface area contributed by atoms with Crippen molar-refractivity contribution in [1.29, 1.82) is 0 Å². The van der Waals surface area contributed by atoms with Crippen molar-refractivity contribution in [3.8, 4) is 5.69 Å². The molecule has 0 saturated carbocycles. The van der Waals surface area contributed by atoms with Gasteiger partial charge in [0.15, 0.2) is 0 Å². The lowest BCUT2D eigenvalue weighted by Crippen LogP contribution is -2.29. The van der Waals surface area contributed by atoms with Crippen molar-refractivity contribution < 1.29 is 9.59 Å². The molecule has 0 spiro atoms. The standard InChI is InChI=1S/C18H13N3O2/c1-12-10-19-20(11-12)13-6-8-14(9-7-13)21-17(22)15-4-2-3-5-16(15)18(21)23/h2-11H,1H3. The van der Waals surface area contributed by atoms with Gasteiger partial charge in [-0.15, -0.1) is 0 Å². The summed E-state index contributed by atoms with van der Waals surface area (Å²) >= 11 is 0. The van der Waals surface area contributed by atoms with Crippen LogP contribution in [0.4, 0.5) is 5.69 Å². The molecular weight excluding hydrogens is 290 g/mol. The van der Waals surface area contributed by atoms with Crippen LogP contribution < -0.4 is 4.90 Å². The zero-order valence-corrected chi connectivity index (χ0v) is 12.4. The molecule has 2 aromatic carbocycles. The molecule has 1 aliphatic rings. The third kappa shape index (κ3) is 2.05. The van der Waals surface area contributed by atoms with Gasteiger partial charge in [0.05, 0.1) is 28.7 Å². The van der Waals surface area contributed by atoms with E-state index in [1.54, 1.807) is 47.3 Å². The molecule has 3 aromatic rings. The van der Waals surface area contributed by atoms with Gasteiger partial charge in [0.2, 0.25) is 0 Å². The van der Waals surface area contributed by atoms with Crippen LogP contribution in [0.1, 0.15) is 26.3 Å². The Morgan fingerprint density at radius 3 is 1.91 bits per heavy atom. The smallest absolute Gasteiger partial charge is 0.266 e. The van der Waals surface area contributed by atoms with Gasteiger partial charge in [-0.1, -0.05) is 12.1 Å². The van der Waals surface area contributed by atoms with Crippen LogP contribution in [0.5, 0.6) is 0 Å². The van der Waals surface area contributed by atoms with Crippen LogP contribution in [0.25, 0.3) is 5.69 Å². The van der Waals surface area contributed by atoms with Crippen molar-refractivity contribution in [1.82, 2.24) is 9.78 Å². The van der Waals surface area contributed by atoms with E-state index in [4.69, 9.17) is 0 Å². The van der Waals surface area contributed by atoms with E-state index >= 15 is 0 Å². The second kappa shape index (κ2) is 4.91. The first-order valence-corrected chi connectivity index (χ1v) is 7.25. The molecule has 1 aliphatic heterocycles. The zero-order chi connectivity index (χ0) is 16.0. The lowest BCUT2D eigenvalue weighted by atomic mass is 10.1. The van der Waals surface area contributed by atoms with Gasteiger partial charge in [0.25, 0.3) is 11.8 Å². The maximum Gasteiger partial charge on any atom is 0.266 e. The lowest BCUT2D eigenvalue weighted by molar-refractivity contribution is 0.0926. The molecule has 4 rings (SSSR count). The number of nitrogens with zero attached hydrogens (tertiary/aromatic N) is 3. The monoisotopic (exact) mass is 303 g/mol. The van der Waals surface area contributed by atoms with Gasteiger partial charge in [-0.05, 0) is 48.9 Å². The first kappa shape index (κ1) is 13.5. The predicted octanol–water partition coefficient (Wildman–Crippen LogP) is 2.98. The Bertz CT molecular complexity index is 890. The van der Waals surface area contributed by atoms with E-state index in [0.717, 1.165) is 11.3 Å². The molecule has 112 valence electrons. The number of fused-ring (bicyclic) bond motifs is 1. The summed E-state index contributed by atoms with van der Waals surface area (Å²) in [5, 5.41) is 4.24. The van der Waals surface area contributed by atoms with Crippen LogP contribution in [0, 0.1) is 6.92 Å². The summed E-state index contributed by atoms with van der Waals surface area (Å²) in [6, 6.07) is 14.1. The molecule has 23 heavy (non-hydrogen) atoms. The van der Waals surface area contributed by atoms with E-state index in [1.807, 2.05) is 25.3 Å². The molecule has 0 bridgehead atoms. The number of carbonyl (C=O) groups is 2. The van der Waals surface area contributed by atoms with Crippen LogP contribution in [0.2, 0.25) is 0 Å². The van der Waals surface area contributed by atoms with Crippen molar-refractivity contribution in [2.24, 2.45) is 0 Å². The molecule has 2 heterocycles. The molecule has 0 atom stereocenters. The Balaban J connectivity index is 1.70. The molecule has 0 saturated heterocycles. The highest BCUT2D eigenvalue weighted by Gasteiger charge is 2.36. The number of amides is 2. The molecule has 0 aliphatic carbocycles. The molecule has 5 heteroatoms. The van der Waals surface area contributed by atoms with Crippen molar-refractivity contribution in [3.63, 3.8) is 0 Å².